The number of likely N-dealkylation sites (tertiary alicyclic amines) is 1. The quantitative estimate of drug-likeness (QED) is 0.510. The molecular formula is C25H25ClFN5O3. The van der Waals surface area contributed by atoms with Crippen molar-refractivity contribution in [1.29, 1.82) is 0 Å². The number of carbonyl (C=O) groups excluding carboxylic acids is 2. The van der Waals surface area contributed by atoms with Crippen LogP contribution in [0.15, 0.2) is 48.9 Å². The Morgan fingerprint density at radius 1 is 1.29 bits per heavy atom. The zero-order valence-corrected chi connectivity index (χ0v) is 20.1. The Kier molecular flexibility index (Phi) is 7.16. The lowest BCUT2D eigenvalue weighted by molar-refractivity contribution is -0.116. The van der Waals surface area contributed by atoms with Crippen molar-refractivity contribution >= 4 is 45.8 Å². The van der Waals surface area contributed by atoms with Crippen LogP contribution < -0.4 is 15.4 Å². The van der Waals surface area contributed by atoms with Gasteiger partial charge in [0, 0.05) is 49.7 Å². The molecule has 1 unspecified atom stereocenters. The maximum atomic E-state index is 13.8. The second kappa shape index (κ2) is 10.3. The third kappa shape index (κ3) is 5.19. The molecule has 182 valence electrons. The SMILES string of the molecule is COc1cc2ncnc(N(C(C)=O)c3ccc(F)c(Cl)c3)c2cc1C1CCCN(C=CC(N)=O)C1. The van der Waals surface area contributed by atoms with Gasteiger partial charge in [-0.25, -0.2) is 14.4 Å². The molecule has 2 aromatic carbocycles. The molecule has 1 atom stereocenters. The van der Waals surface area contributed by atoms with Gasteiger partial charge in [0.2, 0.25) is 11.8 Å². The Labute approximate surface area is 207 Å². The van der Waals surface area contributed by atoms with Crippen LogP contribution in [0.1, 0.15) is 31.2 Å². The van der Waals surface area contributed by atoms with E-state index in [4.69, 9.17) is 22.1 Å². The van der Waals surface area contributed by atoms with Gasteiger partial charge in [0.25, 0.3) is 0 Å². The number of benzene rings is 2. The van der Waals surface area contributed by atoms with E-state index in [2.05, 4.69) is 9.97 Å². The molecule has 1 saturated heterocycles. The highest BCUT2D eigenvalue weighted by Gasteiger charge is 2.26. The Morgan fingerprint density at radius 3 is 2.77 bits per heavy atom. The number of methoxy groups -OCH3 is 1. The number of hydrogen-bond donors (Lipinski definition) is 1. The summed E-state index contributed by atoms with van der Waals surface area (Å²) in [5, 5.41) is 0.546. The number of nitrogens with two attached hydrogens (primary N) is 1. The number of carbonyl (C=O) groups is 2. The average Bonchev–Trinajstić information content (AvgIpc) is 2.84. The number of rotatable bonds is 6. The number of aromatic nitrogens is 2. The molecule has 0 aliphatic carbocycles. The summed E-state index contributed by atoms with van der Waals surface area (Å²) in [6.45, 7) is 2.88. The van der Waals surface area contributed by atoms with E-state index in [0.29, 0.717) is 34.7 Å². The van der Waals surface area contributed by atoms with Crippen molar-refractivity contribution in [3.8, 4) is 5.75 Å². The molecule has 2 heterocycles. The summed E-state index contributed by atoms with van der Waals surface area (Å²) in [4.78, 5) is 36.1. The van der Waals surface area contributed by atoms with Gasteiger partial charge >= 0.3 is 0 Å². The van der Waals surface area contributed by atoms with Gasteiger partial charge in [-0.3, -0.25) is 14.5 Å². The highest BCUT2D eigenvalue weighted by Crippen LogP contribution is 2.39. The van der Waals surface area contributed by atoms with Gasteiger partial charge in [-0.05, 0) is 42.7 Å². The van der Waals surface area contributed by atoms with Crippen LogP contribution in [0, 0.1) is 5.82 Å². The molecule has 3 aromatic rings. The minimum Gasteiger partial charge on any atom is -0.496 e. The molecule has 4 rings (SSSR count). The molecule has 0 radical (unpaired) electrons. The molecule has 0 bridgehead atoms. The fraction of sp³-hybridized carbons (Fsp3) is 0.280. The summed E-state index contributed by atoms with van der Waals surface area (Å²) in [7, 11) is 1.60. The summed E-state index contributed by atoms with van der Waals surface area (Å²) < 4.78 is 19.5. The topological polar surface area (TPSA) is 102 Å². The van der Waals surface area contributed by atoms with Crippen molar-refractivity contribution in [3.63, 3.8) is 0 Å². The largest absolute Gasteiger partial charge is 0.496 e. The number of anilines is 2. The summed E-state index contributed by atoms with van der Waals surface area (Å²) in [6, 6.07) is 7.84. The maximum absolute atomic E-state index is 13.8. The van der Waals surface area contributed by atoms with E-state index in [1.807, 2.05) is 17.0 Å². The molecular weight excluding hydrogens is 473 g/mol. The number of hydrogen-bond acceptors (Lipinski definition) is 6. The Balaban J connectivity index is 1.82. The monoisotopic (exact) mass is 497 g/mol. The third-order valence-electron chi connectivity index (χ3n) is 6.00. The molecule has 10 heteroatoms. The zero-order valence-electron chi connectivity index (χ0n) is 19.4. The van der Waals surface area contributed by atoms with Gasteiger partial charge in [-0.15, -0.1) is 0 Å². The third-order valence-corrected chi connectivity index (χ3v) is 6.29. The minimum absolute atomic E-state index is 0.0965. The van der Waals surface area contributed by atoms with E-state index in [9.17, 15) is 14.0 Å². The fourth-order valence-corrected chi connectivity index (χ4v) is 4.59. The van der Waals surface area contributed by atoms with Crippen LogP contribution in [-0.2, 0) is 9.59 Å². The van der Waals surface area contributed by atoms with E-state index < -0.39 is 11.7 Å². The van der Waals surface area contributed by atoms with Gasteiger partial charge in [0.05, 0.1) is 23.3 Å². The maximum Gasteiger partial charge on any atom is 0.242 e. The predicted molar refractivity (Wildman–Crippen MR) is 132 cm³/mol. The number of piperidine rings is 1. The van der Waals surface area contributed by atoms with Crippen LogP contribution >= 0.6 is 11.6 Å². The summed E-state index contributed by atoms with van der Waals surface area (Å²) in [6.07, 6.45) is 6.27. The zero-order chi connectivity index (χ0) is 25.1. The second-order valence-corrected chi connectivity index (χ2v) is 8.72. The number of fused-ring (bicyclic) bond motifs is 1. The molecule has 1 fully saturated rings. The molecule has 35 heavy (non-hydrogen) atoms. The van der Waals surface area contributed by atoms with E-state index >= 15 is 0 Å². The van der Waals surface area contributed by atoms with Gasteiger partial charge in [0.1, 0.15) is 17.9 Å². The molecule has 1 aliphatic heterocycles. The first-order valence-electron chi connectivity index (χ1n) is 11.1. The lowest BCUT2D eigenvalue weighted by atomic mass is 9.89. The lowest BCUT2D eigenvalue weighted by Gasteiger charge is -2.33. The Hall–Kier alpha value is -3.72. The van der Waals surface area contributed by atoms with Crippen LogP contribution in [0.4, 0.5) is 15.9 Å². The van der Waals surface area contributed by atoms with Crippen molar-refractivity contribution < 1.29 is 18.7 Å². The van der Waals surface area contributed by atoms with E-state index in [-0.39, 0.29) is 16.8 Å². The minimum atomic E-state index is -0.578. The first-order chi connectivity index (χ1) is 16.8. The van der Waals surface area contributed by atoms with E-state index in [1.165, 1.54) is 42.4 Å². The first kappa shape index (κ1) is 24.4. The molecule has 2 N–H and O–H groups in total. The highest BCUT2D eigenvalue weighted by atomic mass is 35.5. The molecule has 8 nitrogen and oxygen atoms in total. The van der Waals surface area contributed by atoms with Gasteiger partial charge < -0.3 is 15.4 Å². The molecule has 0 saturated carbocycles. The number of primary amides is 1. The van der Waals surface area contributed by atoms with Crippen molar-refractivity contribution in [2.75, 3.05) is 25.1 Å². The number of halogens is 2. The van der Waals surface area contributed by atoms with E-state index in [1.54, 1.807) is 13.3 Å². The number of nitrogens with zero attached hydrogens (tertiary/aromatic N) is 4. The lowest BCUT2D eigenvalue weighted by Crippen LogP contribution is -2.30. The Morgan fingerprint density at radius 2 is 2.09 bits per heavy atom. The normalized spacial score (nSPS) is 16.0. The van der Waals surface area contributed by atoms with Crippen LogP contribution in [0.2, 0.25) is 5.02 Å². The Bertz CT molecular complexity index is 1320. The summed E-state index contributed by atoms with van der Waals surface area (Å²) >= 11 is 5.99. The second-order valence-electron chi connectivity index (χ2n) is 8.31. The van der Waals surface area contributed by atoms with Crippen LogP contribution in [-0.4, -0.2) is 46.9 Å². The van der Waals surface area contributed by atoms with Gasteiger partial charge in [-0.2, -0.15) is 0 Å². The van der Waals surface area contributed by atoms with Crippen LogP contribution in [0.5, 0.6) is 5.75 Å². The van der Waals surface area contributed by atoms with Crippen LogP contribution in [0.25, 0.3) is 10.9 Å². The van der Waals surface area contributed by atoms with Crippen LogP contribution in [0.3, 0.4) is 0 Å². The van der Waals surface area contributed by atoms with Crippen molar-refractivity contribution in [2.45, 2.75) is 25.7 Å². The van der Waals surface area contributed by atoms with Crippen molar-refractivity contribution in [1.82, 2.24) is 14.9 Å². The van der Waals surface area contributed by atoms with Crippen molar-refractivity contribution in [2.24, 2.45) is 5.73 Å². The summed E-state index contributed by atoms with van der Waals surface area (Å²) in [5.74, 6) is -0.263. The van der Waals surface area contributed by atoms with Gasteiger partial charge in [0.15, 0.2) is 5.82 Å². The van der Waals surface area contributed by atoms with Crippen molar-refractivity contribution in [3.05, 3.63) is 65.3 Å². The number of amides is 2. The average molecular weight is 498 g/mol. The standard InChI is InChI=1S/C25H25ClFN5O3/c1-15(33)32(17-5-6-21(27)20(26)10-17)25-19-11-18(23(35-2)12-22(19)29-14-30-25)16-4-3-8-31(13-16)9-7-24(28)34/h5-7,9-12,14,16H,3-4,8,13H2,1-2H3,(H2,28,34). The van der Waals surface area contributed by atoms with Gasteiger partial charge in [-0.1, -0.05) is 11.6 Å². The summed E-state index contributed by atoms with van der Waals surface area (Å²) in [5.41, 5.74) is 7.17. The molecule has 1 aliphatic rings. The fourth-order valence-electron chi connectivity index (χ4n) is 4.41. The molecule has 0 spiro atoms. The van der Waals surface area contributed by atoms with E-state index in [0.717, 1.165) is 24.9 Å². The predicted octanol–water partition coefficient (Wildman–Crippen LogP) is 4.29. The first-order valence-corrected chi connectivity index (χ1v) is 11.5. The highest BCUT2D eigenvalue weighted by molar-refractivity contribution is 6.31. The number of ether oxygens (including phenoxy) is 1. The molecule has 1 aromatic heterocycles. The smallest absolute Gasteiger partial charge is 0.242 e. The molecule has 2 amide bonds.